The number of piperidine rings is 1. The number of fused-ring (bicyclic) bond motifs is 1. The molecule has 1 aromatic carbocycles. The van der Waals surface area contributed by atoms with Crippen molar-refractivity contribution in [2.45, 2.75) is 70.5 Å². The van der Waals surface area contributed by atoms with Gasteiger partial charge in [-0.15, -0.1) is 0 Å². The first-order chi connectivity index (χ1) is 14.5. The van der Waals surface area contributed by atoms with E-state index in [9.17, 15) is 9.59 Å². The maximum absolute atomic E-state index is 12.7. The molecule has 0 saturated carbocycles. The summed E-state index contributed by atoms with van der Waals surface area (Å²) in [6.45, 7) is 4.21. The number of nitrogens with zero attached hydrogens (tertiary/aromatic N) is 1. The van der Waals surface area contributed by atoms with Crippen LogP contribution in [0.1, 0.15) is 73.7 Å². The Kier molecular flexibility index (Phi) is 6.11. The van der Waals surface area contributed by atoms with Crippen molar-refractivity contribution >= 4 is 11.8 Å². The van der Waals surface area contributed by atoms with E-state index >= 15 is 0 Å². The lowest BCUT2D eigenvalue weighted by Gasteiger charge is -2.38. The quantitative estimate of drug-likeness (QED) is 0.800. The van der Waals surface area contributed by atoms with Crippen LogP contribution < -0.4 is 10.1 Å². The Morgan fingerprint density at radius 2 is 1.80 bits per heavy atom. The van der Waals surface area contributed by atoms with Gasteiger partial charge < -0.3 is 19.4 Å². The fourth-order valence-electron chi connectivity index (χ4n) is 4.71. The van der Waals surface area contributed by atoms with Gasteiger partial charge in [0.2, 0.25) is 0 Å². The molecule has 1 N–H and O–H groups in total. The second kappa shape index (κ2) is 8.94. The standard InChI is InChI=1S/C24H30N2O4/c1-16-5-3-6-17(2)26(16)23(27)15-30-19-11-9-18(10-12-19)24(28)25-21-7-4-8-22-20(21)13-14-29-22/h9-14,16-17,21H,3-8,15H2,1-2H3,(H,25,28). The van der Waals surface area contributed by atoms with Crippen LogP contribution in [0, 0.1) is 0 Å². The van der Waals surface area contributed by atoms with Crippen molar-refractivity contribution in [1.82, 2.24) is 10.2 Å². The first-order valence-corrected chi connectivity index (χ1v) is 10.9. The zero-order valence-electron chi connectivity index (χ0n) is 17.7. The van der Waals surface area contributed by atoms with E-state index in [1.165, 1.54) is 6.42 Å². The molecule has 0 radical (unpaired) electrons. The maximum Gasteiger partial charge on any atom is 0.260 e. The van der Waals surface area contributed by atoms with E-state index in [-0.39, 0.29) is 36.5 Å². The number of rotatable bonds is 5. The van der Waals surface area contributed by atoms with Crippen LogP contribution in [0.15, 0.2) is 41.0 Å². The van der Waals surface area contributed by atoms with Crippen molar-refractivity contribution < 1.29 is 18.7 Å². The van der Waals surface area contributed by atoms with Gasteiger partial charge in [-0.3, -0.25) is 9.59 Å². The van der Waals surface area contributed by atoms with Crippen LogP contribution in [0.5, 0.6) is 5.75 Å². The lowest BCUT2D eigenvalue weighted by molar-refractivity contribution is -0.139. The summed E-state index contributed by atoms with van der Waals surface area (Å²) >= 11 is 0. The SMILES string of the molecule is CC1CCCC(C)N1C(=O)COc1ccc(C(=O)NC2CCCc3occc32)cc1. The third-order valence-corrected chi connectivity index (χ3v) is 6.32. The number of likely N-dealkylation sites (tertiary alicyclic amines) is 1. The number of ether oxygens (including phenoxy) is 1. The van der Waals surface area contributed by atoms with Crippen molar-refractivity contribution in [3.8, 4) is 5.75 Å². The largest absolute Gasteiger partial charge is 0.484 e. The fraction of sp³-hybridized carbons (Fsp3) is 0.500. The summed E-state index contributed by atoms with van der Waals surface area (Å²) in [5.74, 6) is 1.46. The minimum atomic E-state index is -0.118. The molecular formula is C24H30N2O4. The smallest absolute Gasteiger partial charge is 0.260 e. The van der Waals surface area contributed by atoms with Gasteiger partial charge in [-0.25, -0.2) is 0 Å². The molecule has 2 heterocycles. The monoisotopic (exact) mass is 410 g/mol. The van der Waals surface area contributed by atoms with Crippen molar-refractivity contribution in [2.75, 3.05) is 6.61 Å². The van der Waals surface area contributed by atoms with E-state index in [0.29, 0.717) is 11.3 Å². The summed E-state index contributed by atoms with van der Waals surface area (Å²) < 4.78 is 11.2. The summed E-state index contributed by atoms with van der Waals surface area (Å²) in [6, 6.07) is 9.41. The molecule has 30 heavy (non-hydrogen) atoms. The summed E-state index contributed by atoms with van der Waals surface area (Å²) in [7, 11) is 0. The molecule has 1 fully saturated rings. The van der Waals surface area contributed by atoms with E-state index < -0.39 is 0 Å². The topological polar surface area (TPSA) is 71.8 Å². The Morgan fingerprint density at radius 1 is 1.07 bits per heavy atom. The van der Waals surface area contributed by atoms with Crippen molar-refractivity contribution in [2.24, 2.45) is 0 Å². The number of carbonyl (C=O) groups is 2. The fourth-order valence-corrected chi connectivity index (χ4v) is 4.71. The summed E-state index contributed by atoms with van der Waals surface area (Å²) in [5.41, 5.74) is 1.65. The van der Waals surface area contributed by atoms with Crippen LogP contribution in [0.4, 0.5) is 0 Å². The average molecular weight is 411 g/mol. The first-order valence-electron chi connectivity index (χ1n) is 10.9. The van der Waals surface area contributed by atoms with Gasteiger partial charge in [-0.2, -0.15) is 0 Å². The zero-order valence-corrected chi connectivity index (χ0v) is 17.7. The lowest BCUT2D eigenvalue weighted by atomic mass is 9.93. The molecule has 0 spiro atoms. The minimum Gasteiger partial charge on any atom is -0.484 e. The average Bonchev–Trinajstić information content (AvgIpc) is 3.22. The van der Waals surface area contributed by atoms with E-state index in [1.54, 1.807) is 30.5 Å². The number of furan rings is 1. The van der Waals surface area contributed by atoms with Crippen LogP contribution in [-0.4, -0.2) is 35.4 Å². The molecule has 4 rings (SSSR count). The Morgan fingerprint density at radius 3 is 2.53 bits per heavy atom. The van der Waals surface area contributed by atoms with Gasteiger partial charge >= 0.3 is 0 Å². The van der Waals surface area contributed by atoms with Gasteiger partial charge in [0.15, 0.2) is 6.61 Å². The molecule has 160 valence electrons. The summed E-state index contributed by atoms with van der Waals surface area (Å²) in [5, 5.41) is 3.10. The number of amides is 2. The molecule has 2 amide bonds. The molecule has 6 nitrogen and oxygen atoms in total. The van der Waals surface area contributed by atoms with Gasteiger partial charge in [-0.1, -0.05) is 0 Å². The Hall–Kier alpha value is -2.76. The van der Waals surface area contributed by atoms with Gasteiger partial charge in [0, 0.05) is 29.6 Å². The molecule has 1 aliphatic heterocycles. The highest BCUT2D eigenvalue weighted by Crippen LogP contribution is 2.30. The van der Waals surface area contributed by atoms with E-state index in [4.69, 9.17) is 9.15 Å². The molecule has 2 aromatic rings. The number of hydrogen-bond acceptors (Lipinski definition) is 4. The minimum absolute atomic E-state index is 0.0120. The van der Waals surface area contributed by atoms with Crippen LogP contribution in [0.3, 0.4) is 0 Å². The normalized spacial score (nSPS) is 23.5. The van der Waals surface area contributed by atoms with Crippen molar-refractivity contribution in [1.29, 1.82) is 0 Å². The van der Waals surface area contributed by atoms with Crippen LogP contribution >= 0.6 is 0 Å². The number of benzene rings is 1. The molecule has 0 bridgehead atoms. The zero-order chi connectivity index (χ0) is 21.1. The van der Waals surface area contributed by atoms with Gasteiger partial charge in [0.05, 0.1) is 12.3 Å². The van der Waals surface area contributed by atoms with E-state index in [1.807, 2.05) is 11.0 Å². The molecular weight excluding hydrogens is 380 g/mol. The highest BCUT2D eigenvalue weighted by Gasteiger charge is 2.29. The van der Waals surface area contributed by atoms with Crippen LogP contribution in [0.2, 0.25) is 0 Å². The van der Waals surface area contributed by atoms with Crippen molar-refractivity contribution in [3.05, 3.63) is 53.5 Å². The highest BCUT2D eigenvalue weighted by atomic mass is 16.5. The second-order valence-electron chi connectivity index (χ2n) is 8.46. The Labute approximate surface area is 177 Å². The molecule has 1 aliphatic carbocycles. The van der Waals surface area contributed by atoms with Gasteiger partial charge in [-0.05, 0) is 76.3 Å². The van der Waals surface area contributed by atoms with Crippen LogP contribution in [0.25, 0.3) is 0 Å². The number of carbonyl (C=O) groups excluding carboxylic acids is 2. The Balaban J connectivity index is 1.32. The first kappa shape index (κ1) is 20.5. The van der Waals surface area contributed by atoms with Crippen LogP contribution in [-0.2, 0) is 11.2 Å². The Bertz CT molecular complexity index is 879. The predicted molar refractivity (Wildman–Crippen MR) is 113 cm³/mol. The second-order valence-corrected chi connectivity index (χ2v) is 8.46. The molecule has 3 atom stereocenters. The number of aryl methyl sites for hydroxylation is 1. The maximum atomic E-state index is 12.7. The predicted octanol–water partition coefficient (Wildman–Crippen LogP) is 4.26. The third-order valence-electron chi connectivity index (χ3n) is 6.32. The number of nitrogens with one attached hydrogen (secondary N) is 1. The van der Waals surface area contributed by atoms with Gasteiger partial charge in [0.1, 0.15) is 11.5 Å². The number of hydrogen-bond donors (Lipinski definition) is 1. The molecule has 3 unspecified atom stereocenters. The van der Waals surface area contributed by atoms with E-state index in [0.717, 1.165) is 43.4 Å². The molecule has 2 aliphatic rings. The van der Waals surface area contributed by atoms with Gasteiger partial charge in [0.25, 0.3) is 11.8 Å². The molecule has 6 heteroatoms. The third kappa shape index (κ3) is 4.37. The van der Waals surface area contributed by atoms with Crippen molar-refractivity contribution in [3.63, 3.8) is 0 Å². The molecule has 1 saturated heterocycles. The lowest BCUT2D eigenvalue weighted by Crippen LogP contribution is -2.49. The molecule has 1 aromatic heterocycles. The van der Waals surface area contributed by atoms with E-state index in [2.05, 4.69) is 19.2 Å². The summed E-state index contributed by atoms with van der Waals surface area (Å²) in [6.07, 6.45) is 7.78. The summed E-state index contributed by atoms with van der Waals surface area (Å²) in [4.78, 5) is 27.2. The highest BCUT2D eigenvalue weighted by molar-refractivity contribution is 5.94.